The molecule has 1 aromatic carbocycles. The lowest BCUT2D eigenvalue weighted by molar-refractivity contribution is 0.340. The summed E-state index contributed by atoms with van der Waals surface area (Å²) in [4.78, 5) is 0. The Morgan fingerprint density at radius 2 is 2.11 bits per heavy atom. The van der Waals surface area contributed by atoms with E-state index in [1.165, 1.54) is 10.9 Å². The second-order valence-corrected chi connectivity index (χ2v) is 6.27. The molecule has 0 bridgehead atoms. The van der Waals surface area contributed by atoms with Crippen molar-refractivity contribution >= 4 is 22.7 Å². The van der Waals surface area contributed by atoms with E-state index < -0.39 is 0 Å². The first-order valence-electron chi connectivity index (χ1n) is 6.54. The highest BCUT2D eigenvalue weighted by Crippen LogP contribution is 2.22. The molecule has 0 N–H and O–H groups in total. The first-order valence-corrected chi connectivity index (χ1v) is 7.59. The molecule has 0 saturated heterocycles. The van der Waals surface area contributed by atoms with Crippen LogP contribution in [-0.2, 0) is 6.54 Å². The Bertz CT molecular complexity index is 504. The van der Waals surface area contributed by atoms with Gasteiger partial charge in [-0.2, -0.15) is 11.8 Å². The maximum absolute atomic E-state index is 5.52. The molecule has 0 fully saturated rings. The normalized spacial score (nSPS) is 11.3. The Kier molecular flexibility index (Phi) is 4.59. The number of hydrogen-bond acceptors (Lipinski definition) is 2. The van der Waals surface area contributed by atoms with E-state index in [4.69, 9.17) is 4.74 Å². The van der Waals surface area contributed by atoms with E-state index in [9.17, 15) is 0 Å². The van der Waals surface area contributed by atoms with Crippen LogP contribution in [0.15, 0.2) is 30.5 Å². The lowest BCUT2D eigenvalue weighted by atomic mass is 10.2. The number of rotatable bonds is 6. The maximum atomic E-state index is 5.52. The highest BCUT2D eigenvalue weighted by atomic mass is 32.2. The molecule has 1 heterocycles. The Morgan fingerprint density at radius 1 is 1.28 bits per heavy atom. The standard InChI is InChI=1S/C15H21NOS/c1-4-17-14-5-6-15-13(11-14)7-8-16(15)9-10-18-12(2)3/h5-8,11-12H,4,9-10H2,1-3H3. The van der Waals surface area contributed by atoms with Crippen molar-refractivity contribution in [1.82, 2.24) is 4.57 Å². The minimum Gasteiger partial charge on any atom is -0.494 e. The monoisotopic (exact) mass is 263 g/mol. The average molecular weight is 263 g/mol. The number of hydrogen-bond donors (Lipinski definition) is 0. The van der Waals surface area contributed by atoms with Gasteiger partial charge in [-0.1, -0.05) is 13.8 Å². The maximum Gasteiger partial charge on any atom is 0.120 e. The highest BCUT2D eigenvalue weighted by Gasteiger charge is 2.03. The average Bonchev–Trinajstić information content (AvgIpc) is 2.72. The lowest BCUT2D eigenvalue weighted by Crippen LogP contribution is -2.01. The van der Waals surface area contributed by atoms with E-state index in [0.717, 1.165) is 24.7 Å². The molecule has 0 unspecified atom stereocenters. The summed E-state index contributed by atoms with van der Waals surface area (Å²) in [6.45, 7) is 8.29. The van der Waals surface area contributed by atoms with Gasteiger partial charge >= 0.3 is 0 Å². The van der Waals surface area contributed by atoms with Crippen LogP contribution in [0.1, 0.15) is 20.8 Å². The molecule has 0 amide bonds. The number of benzene rings is 1. The van der Waals surface area contributed by atoms with Crippen molar-refractivity contribution < 1.29 is 4.74 Å². The molecule has 0 spiro atoms. The van der Waals surface area contributed by atoms with Gasteiger partial charge in [-0.05, 0) is 36.4 Å². The zero-order valence-electron chi connectivity index (χ0n) is 11.3. The first-order chi connectivity index (χ1) is 8.70. The van der Waals surface area contributed by atoms with E-state index in [1.807, 2.05) is 18.7 Å². The van der Waals surface area contributed by atoms with Gasteiger partial charge < -0.3 is 9.30 Å². The molecule has 98 valence electrons. The molecular formula is C15H21NOS. The molecule has 0 aliphatic carbocycles. The fraction of sp³-hybridized carbons (Fsp3) is 0.467. The topological polar surface area (TPSA) is 14.2 Å². The molecule has 2 rings (SSSR count). The smallest absolute Gasteiger partial charge is 0.120 e. The predicted molar refractivity (Wildman–Crippen MR) is 80.7 cm³/mol. The van der Waals surface area contributed by atoms with Crippen LogP contribution in [0.3, 0.4) is 0 Å². The van der Waals surface area contributed by atoms with Gasteiger partial charge in [0.1, 0.15) is 5.75 Å². The van der Waals surface area contributed by atoms with Crippen molar-refractivity contribution in [2.24, 2.45) is 0 Å². The second kappa shape index (κ2) is 6.19. The van der Waals surface area contributed by atoms with E-state index in [2.05, 4.69) is 48.9 Å². The van der Waals surface area contributed by atoms with Crippen LogP contribution in [0.5, 0.6) is 5.75 Å². The molecule has 0 atom stereocenters. The van der Waals surface area contributed by atoms with E-state index in [0.29, 0.717) is 5.25 Å². The van der Waals surface area contributed by atoms with Crippen molar-refractivity contribution in [3.63, 3.8) is 0 Å². The third-order valence-corrected chi connectivity index (χ3v) is 3.92. The summed E-state index contributed by atoms with van der Waals surface area (Å²) < 4.78 is 7.84. The molecule has 0 aliphatic rings. The third kappa shape index (κ3) is 3.22. The molecule has 0 radical (unpaired) electrons. The van der Waals surface area contributed by atoms with E-state index in [-0.39, 0.29) is 0 Å². The van der Waals surface area contributed by atoms with Crippen LogP contribution in [0, 0.1) is 0 Å². The molecule has 18 heavy (non-hydrogen) atoms. The molecule has 2 aromatic rings. The molecule has 3 heteroatoms. The van der Waals surface area contributed by atoms with Gasteiger partial charge in [0.25, 0.3) is 0 Å². The van der Waals surface area contributed by atoms with Crippen molar-refractivity contribution in [1.29, 1.82) is 0 Å². The van der Waals surface area contributed by atoms with Gasteiger partial charge in [-0.3, -0.25) is 0 Å². The van der Waals surface area contributed by atoms with Gasteiger partial charge in [0, 0.05) is 29.4 Å². The SMILES string of the molecule is CCOc1ccc2c(ccn2CCSC(C)C)c1. The van der Waals surface area contributed by atoms with Gasteiger partial charge in [0.2, 0.25) is 0 Å². The van der Waals surface area contributed by atoms with Crippen molar-refractivity contribution in [3.8, 4) is 5.75 Å². The van der Waals surface area contributed by atoms with Crippen LogP contribution in [-0.4, -0.2) is 22.2 Å². The van der Waals surface area contributed by atoms with Gasteiger partial charge in [0.15, 0.2) is 0 Å². The largest absolute Gasteiger partial charge is 0.494 e. The summed E-state index contributed by atoms with van der Waals surface area (Å²) >= 11 is 2.00. The molecule has 0 saturated carbocycles. The minimum atomic E-state index is 0.705. The summed E-state index contributed by atoms with van der Waals surface area (Å²) in [5.41, 5.74) is 1.29. The van der Waals surface area contributed by atoms with Crippen LogP contribution in [0.25, 0.3) is 10.9 Å². The zero-order chi connectivity index (χ0) is 13.0. The van der Waals surface area contributed by atoms with Gasteiger partial charge in [0.05, 0.1) is 6.61 Å². The Labute approximate surface area is 113 Å². The Hall–Kier alpha value is -1.09. The Morgan fingerprint density at radius 3 is 2.83 bits per heavy atom. The van der Waals surface area contributed by atoms with Gasteiger partial charge in [-0.25, -0.2) is 0 Å². The van der Waals surface area contributed by atoms with E-state index in [1.54, 1.807) is 0 Å². The van der Waals surface area contributed by atoms with Crippen LogP contribution in [0.4, 0.5) is 0 Å². The molecular weight excluding hydrogens is 242 g/mol. The number of thioether (sulfide) groups is 1. The van der Waals surface area contributed by atoms with E-state index >= 15 is 0 Å². The minimum absolute atomic E-state index is 0.705. The molecule has 1 aromatic heterocycles. The number of ether oxygens (including phenoxy) is 1. The van der Waals surface area contributed by atoms with Crippen LogP contribution < -0.4 is 4.74 Å². The number of aromatic nitrogens is 1. The molecule has 0 aliphatic heterocycles. The lowest BCUT2D eigenvalue weighted by Gasteiger charge is -2.08. The van der Waals surface area contributed by atoms with Crippen molar-refractivity contribution in [2.75, 3.05) is 12.4 Å². The Balaban J connectivity index is 2.10. The van der Waals surface area contributed by atoms with Crippen molar-refractivity contribution in [2.45, 2.75) is 32.6 Å². The number of nitrogens with zero attached hydrogens (tertiary/aromatic N) is 1. The van der Waals surface area contributed by atoms with Crippen LogP contribution >= 0.6 is 11.8 Å². The summed E-state index contributed by atoms with van der Waals surface area (Å²) in [5, 5.41) is 1.96. The summed E-state index contributed by atoms with van der Waals surface area (Å²) in [6.07, 6.45) is 2.17. The summed E-state index contributed by atoms with van der Waals surface area (Å²) in [7, 11) is 0. The second-order valence-electron chi connectivity index (χ2n) is 4.58. The first kappa shape index (κ1) is 13.3. The predicted octanol–water partition coefficient (Wildman–Crippen LogP) is 4.18. The van der Waals surface area contributed by atoms with Gasteiger partial charge in [-0.15, -0.1) is 0 Å². The summed E-state index contributed by atoms with van der Waals surface area (Å²) in [6, 6.07) is 8.49. The van der Waals surface area contributed by atoms with Crippen LogP contribution in [0.2, 0.25) is 0 Å². The zero-order valence-corrected chi connectivity index (χ0v) is 12.2. The fourth-order valence-corrected chi connectivity index (χ4v) is 2.79. The fourth-order valence-electron chi connectivity index (χ4n) is 2.02. The van der Waals surface area contributed by atoms with Crippen molar-refractivity contribution in [3.05, 3.63) is 30.5 Å². The molecule has 2 nitrogen and oxygen atoms in total. The number of fused-ring (bicyclic) bond motifs is 1. The quantitative estimate of drug-likeness (QED) is 0.776. The summed E-state index contributed by atoms with van der Waals surface area (Å²) in [5.74, 6) is 2.12. The highest BCUT2D eigenvalue weighted by molar-refractivity contribution is 7.99. The third-order valence-electron chi connectivity index (χ3n) is 2.84. The number of aryl methyl sites for hydroxylation is 1.